The number of aryl methyl sites for hydroxylation is 2. The number of amides is 2. The molecule has 27 heavy (non-hydrogen) atoms. The number of nitrogens with zero attached hydrogens (tertiary/aromatic N) is 5. The summed E-state index contributed by atoms with van der Waals surface area (Å²) in [7, 11) is 0. The van der Waals surface area contributed by atoms with Gasteiger partial charge in [0.15, 0.2) is 5.65 Å². The van der Waals surface area contributed by atoms with Crippen LogP contribution in [-0.2, 0) is 4.79 Å². The van der Waals surface area contributed by atoms with Crippen LogP contribution in [0, 0.1) is 13.8 Å². The van der Waals surface area contributed by atoms with Gasteiger partial charge in [0.2, 0.25) is 5.91 Å². The summed E-state index contributed by atoms with van der Waals surface area (Å²) in [6.07, 6.45) is 3.67. The molecule has 1 aliphatic rings. The van der Waals surface area contributed by atoms with Crippen molar-refractivity contribution >= 4 is 17.5 Å². The van der Waals surface area contributed by atoms with Gasteiger partial charge in [0.1, 0.15) is 5.56 Å². The number of hydrogen-bond acceptors (Lipinski definition) is 5. The van der Waals surface area contributed by atoms with E-state index in [1.165, 1.54) is 0 Å². The first kappa shape index (κ1) is 19.3. The van der Waals surface area contributed by atoms with Crippen LogP contribution in [0.2, 0.25) is 0 Å². The Labute approximate surface area is 159 Å². The fraction of sp³-hybridized carbons (Fsp3) is 0.579. The molecule has 1 N–H and O–H groups in total. The summed E-state index contributed by atoms with van der Waals surface area (Å²) >= 11 is 0. The molecule has 0 bridgehead atoms. The molecule has 0 spiro atoms. The molecule has 0 unspecified atom stereocenters. The summed E-state index contributed by atoms with van der Waals surface area (Å²) in [6.45, 7) is 9.68. The highest BCUT2D eigenvalue weighted by Crippen LogP contribution is 2.15. The molecule has 1 saturated heterocycles. The van der Waals surface area contributed by atoms with Crippen LogP contribution in [0.4, 0.5) is 0 Å². The second-order valence-corrected chi connectivity index (χ2v) is 7.10. The topological polar surface area (TPSA) is 82.8 Å². The lowest BCUT2D eigenvalue weighted by atomic mass is 10.2. The van der Waals surface area contributed by atoms with E-state index in [-0.39, 0.29) is 11.8 Å². The molecule has 1 fully saturated rings. The van der Waals surface area contributed by atoms with E-state index >= 15 is 0 Å². The van der Waals surface area contributed by atoms with Crippen molar-refractivity contribution in [1.29, 1.82) is 0 Å². The second kappa shape index (κ2) is 8.47. The zero-order valence-electron chi connectivity index (χ0n) is 16.4. The van der Waals surface area contributed by atoms with Crippen LogP contribution in [0.5, 0.6) is 0 Å². The Morgan fingerprint density at radius 2 is 1.93 bits per heavy atom. The predicted octanol–water partition coefficient (Wildman–Crippen LogP) is 1.02. The lowest BCUT2D eigenvalue weighted by Crippen LogP contribution is -2.51. The number of nitrogens with one attached hydrogen (secondary N) is 1. The van der Waals surface area contributed by atoms with Crippen molar-refractivity contribution in [2.45, 2.75) is 33.6 Å². The number of carbonyl (C=O) groups is 2. The van der Waals surface area contributed by atoms with Crippen LogP contribution in [0.1, 0.15) is 41.5 Å². The molecular weight excluding hydrogens is 344 g/mol. The van der Waals surface area contributed by atoms with Crippen LogP contribution in [0.15, 0.2) is 12.3 Å². The summed E-state index contributed by atoms with van der Waals surface area (Å²) in [5.41, 5.74) is 2.96. The first-order chi connectivity index (χ1) is 13.0. The first-order valence-corrected chi connectivity index (χ1v) is 9.60. The molecule has 3 rings (SSSR count). The number of rotatable bonds is 6. The average molecular weight is 372 g/mol. The van der Waals surface area contributed by atoms with Gasteiger partial charge < -0.3 is 10.2 Å². The van der Waals surface area contributed by atoms with E-state index in [9.17, 15) is 9.59 Å². The third-order valence-corrected chi connectivity index (χ3v) is 4.89. The Kier molecular flexibility index (Phi) is 6.05. The van der Waals surface area contributed by atoms with E-state index in [4.69, 9.17) is 0 Å². The summed E-state index contributed by atoms with van der Waals surface area (Å²) in [5, 5.41) is 7.25. The maximum Gasteiger partial charge on any atom is 0.259 e. The molecule has 2 aromatic heterocycles. The minimum absolute atomic E-state index is 0.0467. The van der Waals surface area contributed by atoms with Crippen molar-refractivity contribution in [3.05, 3.63) is 29.2 Å². The SMILES string of the molecule is CCCCNC(=O)CN1CCN(C(=O)c2cnn3c(C)cc(C)nc23)CC1. The Morgan fingerprint density at radius 1 is 1.19 bits per heavy atom. The summed E-state index contributed by atoms with van der Waals surface area (Å²) in [5.74, 6) is 0.00977. The standard InChI is InChI=1S/C19H28N6O2/c1-4-5-6-20-17(26)13-23-7-9-24(10-8-23)19(27)16-12-21-25-15(3)11-14(2)22-18(16)25/h11-12H,4-10,13H2,1-3H3,(H,20,26). The van der Waals surface area contributed by atoms with E-state index in [0.29, 0.717) is 43.9 Å². The molecule has 2 amide bonds. The zero-order chi connectivity index (χ0) is 19.4. The van der Waals surface area contributed by atoms with Crippen molar-refractivity contribution in [3.8, 4) is 0 Å². The lowest BCUT2D eigenvalue weighted by molar-refractivity contribution is -0.122. The van der Waals surface area contributed by atoms with Crippen LogP contribution in [-0.4, -0.2) is 75.5 Å². The van der Waals surface area contributed by atoms with E-state index in [1.807, 2.05) is 24.8 Å². The number of carbonyl (C=O) groups excluding carboxylic acids is 2. The van der Waals surface area contributed by atoms with Gasteiger partial charge in [0.05, 0.1) is 12.7 Å². The number of aromatic nitrogens is 3. The minimum atomic E-state index is -0.0467. The summed E-state index contributed by atoms with van der Waals surface area (Å²) < 4.78 is 1.71. The molecule has 8 nitrogen and oxygen atoms in total. The molecule has 0 aromatic carbocycles. The summed E-state index contributed by atoms with van der Waals surface area (Å²) in [4.78, 5) is 33.3. The van der Waals surface area contributed by atoms with Crippen molar-refractivity contribution in [2.24, 2.45) is 0 Å². The molecule has 1 aliphatic heterocycles. The maximum absolute atomic E-state index is 12.9. The molecule has 8 heteroatoms. The molecule has 0 aliphatic carbocycles. The highest BCUT2D eigenvalue weighted by Gasteiger charge is 2.26. The Bertz CT molecular complexity index is 823. The van der Waals surface area contributed by atoms with E-state index in [0.717, 1.165) is 30.8 Å². The fourth-order valence-electron chi connectivity index (χ4n) is 3.36. The normalized spacial score (nSPS) is 15.3. The van der Waals surface area contributed by atoms with Crippen molar-refractivity contribution < 1.29 is 9.59 Å². The van der Waals surface area contributed by atoms with Gasteiger partial charge >= 0.3 is 0 Å². The van der Waals surface area contributed by atoms with E-state index < -0.39 is 0 Å². The fourth-order valence-corrected chi connectivity index (χ4v) is 3.36. The minimum Gasteiger partial charge on any atom is -0.355 e. The number of piperazine rings is 1. The largest absolute Gasteiger partial charge is 0.355 e. The van der Waals surface area contributed by atoms with Gasteiger partial charge in [-0.15, -0.1) is 0 Å². The van der Waals surface area contributed by atoms with Crippen LogP contribution >= 0.6 is 0 Å². The van der Waals surface area contributed by atoms with E-state index in [2.05, 4.69) is 27.2 Å². The number of fused-ring (bicyclic) bond motifs is 1. The molecular formula is C19H28N6O2. The average Bonchev–Trinajstić information content (AvgIpc) is 3.06. The van der Waals surface area contributed by atoms with Gasteiger partial charge in [-0.3, -0.25) is 14.5 Å². The molecule has 2 aromatic rings. The second-order valence-electron chi connectivity index (χ2n) is 7.10. The van der Waals surface area contributed by atoms with Gasteiger partial charge in [0, 0.05) is 44.1 Å². The molecule has 0 radical (unpaired) electrons. The monoisotopic (exact) mass is 372 g/mol. The van der Waals surface area contributed by atoms with Gasteiger partial charge in [0.25, 0.3) is 5.91 Å². The number of hydrogen-bond donors (Lipinski definition) is 1. The first-order valence-electron chi connectivity index (χ1n) is 9.60. The lowest BCUT2D eigenvalue weighted by Gasteiger charge is -2.34. The third-order valence-electron chi connectivity index (χ3n) is 4.89. The predicted molar refractivity (Wildman–Crippen MR) is 103 cm³/mol. The van der Waals surface area contributed by atoms with Crippen LogP contribution < -0.4 is 5.32 Å². The Hall–Kier alpha value is -2.48. The van der Waals surface area contributed by atoms with Gasteiger partial charge in [-0.25, -0.2) is 9.50 Å². The highest BCUT2D eigenvalue weighted by atomic mass is 16.2. The molecule has 146 valence electrons. The van der Waals surface area contributed by atoms with Crippen molar-refractivity contribution in [3.63, 3.8) is 0 Å². The number of unbranched alkanes of at least 4 members (excludes halogenated alkanes) is 1. The maximum atomic E-state index is 12.9. The molecule has 0 saturated carbocycles. The molecule has 0 atom stereocenters. The smallest absolute Gasteiger partial charge is 0.259 e. The third kappa shape index (κ3) is 4.44. The van der Waals surface area contributed by atoms with Gasteiger partial charge in [-0.2, -0.15) is 5.10 Å². The van der Waals surface area contributed by atoms with Crippen LogP contribution in [0.3, 0.4) is 0 Å². The molecule has 3 heterocycles. The van der Waals surface area contributed by atoms with Crippen LogP contribution in [0.25, 0.3) is 5.65 Å². The Balaban J connectivity index is 1.58. The van der Waals surface area contributed by atoms with E-state index in [1.54, 1.807) is 10.7 Å². The van der Waals surface area contributed by atoms with Gasteiger partial charge in [-0.05, 0) is 26.3 Å². The zero-order valence-corrected chi connectivity index (χ0v) is 16.4. The van der Waals surface area contributed by atoms with Crippen molar-refractivity contribution in [2.75, 3.05) is 39.3 Å². The van der Waals surface area contributed by atoms with Crippen molar-refractivity contribution in [1.82, 2.24) is 29.7 Å². The van der Waals surface area contributed by atoms with Gasteiger partial charge in [-0.1, -0.05) is 13.3 Å². The quantitative estimate of drug-likeness (QED) is 0.766. The Morgan fingerprint density at radius 3 is 2.63 bits per heavy atom. The summed E-state index contributed by atoms with van der Waals surface area (Å²) in [6, 6.07) is 1.94. The highest BCUT2D eigenvalue weighted by molar-refractivity contribution is 5.99.